The zero-order valence-corrected chi connectivity index (χ0v) is 22.2. The van der Waals surface area contributed by atoms with Gasteiger partial charge < -0.3 is 15.4 Å². The summed E-state index contributed by atoms with van der Waals surface area (Å²) in [6, 6.07) is 15.5. The fourth-order valence-corrected chi connectivity index (χ4v) is 4.17. The van der Waals surface area contributed by atoms with E-state index in [0.29, 0.717) is 34.3 Å². The van der Waals surface area contributed by atoms with Crippen LogP contribution < -0.4 is 15.4 Å². The third kappa shape index (κ3) is 7.29. The first-order valence-electron chi connectivity index (χ1n) is 12.0. The number of rotatable bonds is 7. The number of carbonyl (C=O) groups is 2. The lowest BCUT2D eigenvalue weighted by Crippen LogP contribution is -2.27. The first-order valence-corrected chi connectivity index (χ1v) is 12.4. The number of hydrogen-bond acceptors (Lipinski definition) is 4. The Hall–Kier alpha value is -4.05. The summed E-state index contributed by atoms with van der Waals surface area (Å²) in [6.07, 6.45) is -2.95. The number of fused-ring (bicyclic) bond motifs is 1. The summed E-state index contributed by atoms with van der Waals surface area (Å²) < 4.78 is 43.4. The molecule has 11 heteroatoms. The zero-order chi connectivity index (χ0) is 28.4. The van der Waals surface area contributed by atoms with Crippen molar-refractivity contribution in [3.63, 3.8) is 0 Å². The fourth-order valence-electron chi connectivity index (χ4n) is 3.97. The van der Waals surface area contributed by atoms with Crippen molar-refractivity contribution in [2.24, 2.45) is 5.41 Å². The highest BCUT2D eigenvalue weighted by Crippen LogP contribution is 2.29. The predicted molar refractivity (Wildman–Crippen MR) is 143 cm³/mol. The largest absolute Gasteiger partial charge is 0.573 e. The number of benzene rings is 3. The number of carbonyl (C=O) groups excluding carboxylic acids is 2. The molecule has 4 aromatic rings. The van der Waals surface area contributed by atoms with Gasteiger partial charge in [-0.25, -0.2) is 4.68 Å². The normalized spacial score (nSPS) is 11.9. The molecule has 0 saturated heterocycles. The summed E-state index contributed by atoms with van der Waals surface area (Å²) in [5, 5.41) is 10.8. The maximum atomic E-state index is 13.2. The molecule has 0 fully saturated rings. The van der Waals surface area contributed by atoms with E-state index < -0.39 is 12.3 Å². The highest BCUT2D eigenvalue weighted by atomic mass is 35.5. The number of anilines is 1. The Morgan fingerprint density at radius 2 is 1.77 bits per heavy atom. The molecule has 0 atom stereocenters. The van der Waals surface area contributed by atoms with E-state index >= 15 is 0 Å². The molecular formula is C28H26ClF3N4O3. The lowest BCUT2D eigenvalue weighted by Gasteiger charge is -2.17. The van der Waals surface area contributed by atoms with Crippen molar-refractivity contribution in [1.82, 2.24) is 15.1 Å². The van der Waals surface area contributed by atoms with E-state index in [2.05, 4.69) is 20.5 Å². The lowest BCUT2D eigenvalue weighted by atomic mass is 9.92. The van der Waals surface area contributed by atoms with Gasteiger partial charge in [-0.05, 0) is 47.4 Å². The Morgan fingerprint density at radius 3 is 2.49 bits per heavy atom. The Bertz CT molecular complexity index is 1530. The molecule has 7 nitrogen and oxygen atoms in total. The molecule has 2 amide bonds. The molecule has 0 unspecified atom stereocenters. The number of halogens is 4. The summed E-state index contributed by atoms with van der Waals surface area (Å²) in [7, 11) is 0. The summed E-state index contributed by atoms with van der Waals surface area (Å²) in [4.78, 5) is 25.4. The van der Waals surface area contributed by atoms with E-state index in [4.69, 9.17) is 11.6 Å². The number of hydrogen-bond donors (Lipinski definition) is 2. The van der Waals surface area contributed by atoms with E-state index in [1.807, 2.05) is 20.8 Å². The second-order valence-electron chi connectivity index (χ2n) is 10.1. The minimum atomic E-state index is -4.82. The summed E-state index contributed by atoms with van der Waals surface area (Å²) >= 11 is 6.31. The number of nitrogens with zero attached hydrogens (tertiary/aromatic N) is 2. The van der Waals surface area contributed by atoms with Crippen molar-refractivity contribution in [2.45, 2.75) is 40.1 Å². The Morgan fingerprint density at radius 1 is 1.03 bits per heavy atom. The molecule has 0 saturated carbocycles. The molecule has 0 radical (unpaired) electrons. The summed E-state index contributed by atoms with van der Waals surface area (Å²) in [6.45, 7) is 6.16. The fraction of sp³-hybridized carbons (Fsp3) is 0.250. The topological polar surface area (TPSA) is 85.3 Å². The van der Waals surface area contributed by atoms with Crippen molar-refractivity contribution in [3.05, 3.63) is 83.0 Å². The van der Waals surface area contributed by atoms with Crippen molar-refractivity contribution in [2.75, 3.05) is 5.32 Å². The van der Waals surface area contributed by atoms with Gasteiger partial charge in [-0.2, -0.15) is 5.10 Å². The smallest absolute Gasteiger partial charge is 0.406 e. The van der Waals surface area contributed by atoms with E-state index in [1.54, 1.807) is 42.5 Å². The van der Waals surface area contributed by atoms with Gasteiger partial charge in [0.15, 0.2) is 0 Å². The van der Waals surface area contributed by atoms with Crippen LogP contribution in [0.1, 0.15) is 43.1 Å². The minimum Gasteiger partial charge on any atom is -0.406 e. The highest BCUT2D eigenvalue weighted by molar-refractivity contribution is 6.34. The van der Waals surface area contributed by atoms with E-state index in [0.717, 1.165) is 0 Å². The number of alkyl halides is 3. The number of nitrogens with one attached hydrogen (secondary N) is 2. The Kier molecular flexibility index (Phi) is 7.87. The molecule has 0 spiro atoms. The van der Waals surface area contributed by atoms with Crippen LogP contribution in [-0.2, 0) is 11.3 Å². The maximum absolute atomic E-state index is 13.2. The van der Waals surface area contributed by atoms with Crippen LogP contribution in [0.5, 0.6) is 5.75 Å². The number of ether oxygens (including phenoxy) is 1. The molecule has 0 aliphatic heterocycles. The van der Waals surface area contributed by atoms with Crippen LogP contribution in [0, 0.1) is 5.41 Å². The Labute approximate surface area is 227 Å². The first kappa shape index (κ1) is 28.0. The van der Waals surface area contributed by atoms with Gasteiger partial charge in [0.1, 0.15) is 5.75 Å². The van der Waals surface area contributed by atoms with Crippen LogP contribution in [0.3, 0.4) is 0 Å². The predicted octanol–water partition coefficient (Wildman–Crippen LogP) is 6.88. The number of amides is 2. The molecule has 2 N–H and O–H groups in total. The second kappa shape index (κ2) is 11.0. The van der Waals surface area contributed by atoms with Crippen LogP contribution in [0.15, 0.2) is 66.9 Å². The molecule has 3 aromatic carbocycles. The molecular weight excluding hydrogens is 533 g/mol. The van der Waals surface area contributed by atoms with Crippen molar-refractivity contribution >= 4 is 40.0 Å². The Balaban J connectivity index is 1.55. The molecule has 1 aromatic heterocycles. The molecule has 0 aliphatic rings. The van der Waals surface area contributed by atoms with Crippen molar-refractivity contribution in [3.8, 4) is 11.4 Å². The van der Waals surface area contributed by atoms with Crippen LogP contribution in [-0.4, -0.2) is 28.0 Å². The van der Waals surface area contributed by atoms with Gasteiger partial charge in [-0.1, -0.05) is 50.6 Å². The zero-order valence-electron chi connectivity index (χ0n) is 21.4. The van der Waals surface area contributed by atoms with Crippen molar-refractivity contribution in [1.29, 1.82) is 0 Å². The SMILES string of the molecule is CC(C)(C)CC(=O)NCc1ccc(Cl)c(C(=O)Nc2cccc3c2cnn3-c2cccc(OC(F)(F)F)c2)c1. The van der Waals surface area contributed by atoms with Gasteiger partial charge in [-0.3, -0.25) is 9.59 Å². The molecule has 0 bridgehead atoms. The monoisotopic (exact) mass is 558 g/mol. The standard InChI is InChI=1S/C28H26ClF3N4O3/c1-27(2,3)14-25(37)33-15-17-10-11-22(29)20(12-17)26(38)35-23-8-5-9-24-21(23)16-34-36(24)18-6-4-7-19(13-18)39-28(30,31)32/h4-13,16H,14-15H2,1-3H3,(H,33,37)(H,35,38). The molecule has 1 heterocycles. The van der Waals surface area contributed by atoms with E-state index in [-0.39, 0.29) is 34.2 Å². The molecule has 204 valence electrons. The van der Waals surface area contributed by atoms with Crippen LogP contribution in [0.2, 0.25) is 5.02 Å². The summed E-state index contributed by atoms with van der Waals surface area (Å²) in [5.41, 5.74) is 2.12. The van der Waals surface area contributed by atoms with E-state index in [9.17, 15) is 22.8 Å². The lowest BCUT2D eigenvalue weighted by molar-refractivity contribution is -0.274. The molecule has 0 aliphatic carbocycles. The number of aromatic nitrogens is 2. The molecule has 4 rings (SSSR count). The quantitative estimate of drug-likeness (QED) is 0.259. The van der Waals surface area contributed by atoms with Gasteiger partial charge in [0.25, 0.3) is 5.91 Å². The average Bonchev–Trinajstić information content (AvgIpc) is 3.27. The minimum absolute atomic E-state index is 0.0948. The van der Waals surface area contributed by atoms with Gasteiger partial charge >= 0.3 is 6.36 Å². The second-order valence-corrected chi connectivity index (χ2v) is 10.5. The van der Waals surface area contributed by atoms with E-state index in [1.165, 1.54) is 29.1 Å². The van der Waals surface area contributed by atoms with Gasteiger partial charge in [0.05, 0.1) is 33.7 Å². The van der Waals surface area contributed by atoms with Crippen LogP contribution >= 0.6 is 11.6 Å². The maximum Gasteiger partial charge on any atom is 0.573 e. The molecule has 39 heavy (non-hydrogen) atoms. The third-order valence-corrected chi connectivity index (χ3v) is 5.94. The van der Waals surface area contributed by atoms with Gasteiger partial charge in [0, 0.05) is 24.4 Å². The third-order valence-electron chi connectivity index (χ3n) is 5.61. The van der Waals surface area contributed by atoms with Crippen LogP contribution in [0.25, 0.3) is 16.6 Å². The average molecular weight is 559 g/mol. The highest BCUT2D eigenvalue weighted by Gasteiger charge is 2.31. The van der Waals surface area contributed by atoms with Crippen LogP contribution in [0.4, 0.5) is 18.9 Å². The summed E-state index contributed by atoms with van der Waals surface area (Å²) in [5.74, 6) is -0.941. The first-order chi connectivity index (χ1) is 18.3. The van der Waals surface area contributed by atoms with Gasteiger partial charge in [0.2, 0.25) is 5.91 Å². The van der Waals surface area contributed by atoms with Crippen molar-refractivity contribution < 1.29 is 27.5 Å². The van der Waals surface area contributed by atoms with Gasteiger partial charge in [-0.15, -0.1) is 13.2 Å².